The monoisotopic (exact) mass is 434 g/mol. The lowest BCUT2D eigenvalue weighted by Gasteiger charge is -2.10. The first-order chi connectivity index (χ1) is 13.1. The van der Waals surface area contributed by atoms with E-state index in [0.29, 0.717) is 6.61 Å². The lowest BCUT2D eigenvalue weighted by molar-refractivity contribution is -0.165. The van der Waals surface area contributed by atoms with Crippen LogP contribution in [0.15, 0.2) is 0 Å². The lowest BCUT2D eigenvalue weighted by Crippen LogP contribution is -2.39. The van der Waals surface area contributed by atoms with Crippen LogP contribution in [0.3, 0.4) is 0 Å². The summed E-state index contributed by atoms with van der Waals surface area (Å²) >= 11 is 0. The summed E-state index contributed by atoms with van der Waals surface area (Å²) in [6.45, 7) is 3.70. The van der Waals surface area contributed by atoms with Crippen LogP contribution in [0, 0.1) is 0 Å². The maximum atomic E-state index is 9.77. The number of aliphatic hydroxyl groups is 6. The second-order valence-corrected chi connectivity index (χ2v) is 5.31. The van der Waals surface area contributed by atoms with E-state index >= 15 is 0 Å². The summed E-state index contributed by atoms with van der Waals surface area (Å²) in [6, 6.07) is 0. The molecule has 0 heterocycles. The highest BCUT2D eigenvalue weighted by atomic mass is 16.5. The van der Waals surface area contributed by atoms with Crippen molar-refractivity contribution < 1.29 is 75.0 Å². The van der Waals surface area contributed by atoms with Crippen LogP contribution in [0.1, 0.15) is 13.8 Å². The maximum Gasteiger partial charge on any atom is 0.335 e. The minimum Gasteiger partial charge on any atom is -0.479 e. The van der Waals surface area contributed by atoms with Crippen LogP contribution in [0.25, 0.3) is 0 Å². The molecular weight excluding hydrogens is 408 g/mol. The van der Waals surface area contributed by atoms with Crippen molar-refractivity contribution in [3.05, 3.63) is 0 Å². The van der Waals surface area contributed by atoms with Crippen molar-refractivity contribution in [2.45, 2.75) is 50.5 Å². The fourth-order valence-electron chi connectivity index (χ4n) is 0.896. The molecule has 10 N–H and O–H groups in total. The first kappa shape index (κ1) is 31.3. The average molecular weight is 434 g/mol. The summed E-state index contributed by atoms with van der Waals surface area (Å²) in [4.78, 5) is 39.1. The Labute approximate surface area is 163 Å². The van der Waals surface area contributed by atoms with Gasteiger partial charge in [0, 0.05) is 0 Å². The fraction of sp³-hybridized carbons (Fsp3) is 0.714. The standard InChI is InChI=1S/C6H14O3.2C4H6O6/c1-5(8)4-9-6(2)3-7;2*5-1(3(7)8)2(6)4(9)10/h5-8H,3-4H2,1-2H3;2*1-2,5-6H,(H,7,8)(H,9,10). The molecule has 0 radical (unpaired) electrons. The van der Waals surface area contributed by atoms with Crippen molar-refractivity contribution in [2.24, 2.45) is 0 Å². The molecule has 0 aromatic heterocycles. The average Bonchev–Trinajstić information content (AvgIpc) is 2.63. The number of hydrogen-bond donors (Lipinski definition) is 10. The first-order valence-corrected chi connectivity index (χ1v) is 7.64. The van der Waals surface area contributed by atoms with E-state index in [9.17, 15) is 19.2 Å². The molecular formula is C14H26O15. The lowest BCUT2D eigenvalue weighted by atomic mass is 10.2. The summed E-state index contributed by atoms with van der Waals surface area (Å²) in [7, 11) is 0. The predicted octanol–water partition coefficient (Wildman–Crippen LogP) is -4.48. The molecule has 29 heavy (non-hydrogen) atoms. The highest BCUT2D eigenvalue weighted by molar-refractivity contribution is 5.83. The summed E-state index contributed by atoms with van der Waals surface area (Å²) < 4.78 is 4.95. The van der Waals surface area contributed by atoms with Gasteiger partial charge in [0.25, 0.3) is 0 Å². The number of rotatable bonds is 10. The summed E-state index contributed by atoms with van der Waals surface area (Å²) in [6.07, 6.45) is -9.68. The van der Waals surface area contributed by atoms with Crippen molar-refractivity contribution in [3.8, 4) is 0 Å². The second-order valence-electron chi connectivity index (χ2n) is 5.31. The van der Waals surface area contributed by atoms with E-state index in [2.05, 4.69) is 0 Å². The summed E-state index contributed by atoms with van der Waals surface area (Å²) in [5.74, 6) is -7.07. The van der Waals surface area contributed by atoms with E-state index in [1.165, 1.54) is 0 Å². The van der Waals surface area contributed by atoms with Crippen LogP contribution in [0.2, 0.25) is 0 Å². The van der Waals surface area contributed by atoms with Gasteiger partial charge in [-0.25, -0.2) is 19.2 Å². The Morgan fingerprint density at radius 2 is 0.897 bits per heavy atom. The van der Waals surface area contributed by atoms with Gasteiger partial charge in [0.05, 0.1) is 25.4 Å². The van der Waals surface area contributed by atoms with Gasteiger partial charge >= 0.3 is 23.9 Å². The molecule has 0 aliphatic rings. The Kier molecular flexibility index (Phi) is 17.9. The van der Waals surface area contributed by atoms with E-state index < -0.39 is 54.4 Å². The molecule has 0 aromatic rings. The van der Waals surface area contributed by atoms with Gasteiger partial charge in [-0.3, -0.25) is 0 Å². The molecule has 0 saturated heterocycles. The van der Waals surface area contributed by atoms with E-state index in [1.807, 2.05) is 0 Å². The van der Waals surface area contributed by atoms with Crippen LogP contribution < -0.4 is 0 Å². The minimum atomic E-state index is -2.27. The van der Waals surface area contributed by atoms with Gasteiger partial charge in [0.2, 0.25) is 0 Å². The molecule has 0 aliphatic heterocycles. The molecule has 0 spiro atoms. The normalized spacial score (nSPS) is 16.3. The Balaban J connectivity index is -0.000000350. The van der Waals surface area contributed by atoms with Crippen LogP contribution >= 0.6 is 0 Å². The predicted molar refractivity (Wildman–Crippen MR) is 88.8 cm³/mol. The molecule has 6 unspecified atom stereocenters. The molecule has 15 heteroatoms. The Bertz CT molecular complexity index is 433. The van der Waals surface area contributed by atoms with Crippen molar-refractivity contribution >= 4 is 23.9 Å². The zero-order chi connectivity index (χ0) is 23.9. The third kappa shape index (κ3) is 17.4. The zero-order valence-corrected chi connectivity index (χ0v) is 15.4. The number of carbonyl (C=O) groups is 4. The smallest absolute Gasteiger partial charge is 0.335 e. The number of aliphatic carboxylic acids is 4. The molecule has 0 amide bonds. The molecule has 0 aliphatic carbocycles. The van der Waals surface area contributed by atoms with Gasteiger partial charge in [-0.2, -0.15) is 0 Å². The van der Waals surface area contributed by atoms with E-state index in [4.69, 9.17) is 55.8 Å². The van der Waals surface area contributed by atoms with Crippen molar-refractivity contribution in [2.75, 3.05) is 13.2 Å². The molecule has 0 fully saturated rings. The zero-order valence-electron chi connectivity index (χ0n) is 15.4. The molecule has 0 saturated carbocycles. The number of ether oxygens (including phenoxy) is 1. The number of hydrogen-bond acceptors (Lipinski definition) is 11. The van der Waals surface area contributed by atoms with E-state index in [1.54, 1.807) is 13.8 Å². The number of aliphatic hydroxyl groups excluding tert-OH is 6. The Hall–Kier alpha value is -2.40. The van der Waals surface area contributed by atoms with Crippen LogP contribution in [0.5, 0.6) is 0 Å². The third-order valence-electron chi connectivity index (χ3n) is 2.49. The van der Waals surface area contributed by atoms with Crippen molar-refractivity contribution in [1.82, 2.24) is 0 Å². The second kappa shape index (κ2) is 16.5. The van der Waals surface area contributed by atoms with Gasteiger partial charge in [-0.1, -0.05) is 0 Å². The first-order valence-electron chi connectivity index (χ1n) is 7.64. The Morgan fingerprint density at radius 3 is 1.03 bits per heavy atom. The van der Waals surface area contributed by atoms with E-state index in [-0.39, 0.29) is 12.7 Å². The molecule has 172 valence electrons. The molecule has 15 nitrogen and oxygen atoms in total. The van der Waals surface area contributed by atoms with Crippen LogP contribution in [-0.4, -0.2) is 125 Å². The van der Waals surface area contributed by atoms with Crippen LogP contribution in [0.4, 0.5) is 0 Å². The summed E-state index contributed by atoms with van der Waals surface area (Å²) in [5.41, 5.74) is 0. The number of carboxylic acids is 4. The van der Waals surface area contributed by atoms with Gasteiger partial charge in [-0.05, 0) is 13.8 Å². The fourth-order valence-corrected chi connectivity index (χ4v) is 0.896. The number of carboxylic acid groups (broad SMARTS) is 4. The molecule has 0 aromatic carbocycles. The highest BCUT2D eigenvalue weighted by Crippen LogP contribution is 1.93. The van der Waals surface area contributed by atoms with E-state index in [0.717, 1.165) is 0 Å². The van der Waals surface area contributed by atoms with Gasteiger partial charge in [0.1, 0.15) is 0 Å². The van der Waals surface area contributed by atoms with Gasteiger partial charge in [-0.15, -0.1) is 0 Å². The maximum absolute atomic E-state index is 9.77. The van der Waals surface area contributed by atoms with Crippen LogP contribution in [-0.2, 0) is 23.9 Å². The third-order valence-corrected chi connectivity index (χ3v) is 2.49. The largest absolute Gasteiger partial charge is 0.479 e. The molecule has 0 rings (SSSR count). The minimum absolute atomic E-state index is 0.00667. The van der Waals surface area contributed by atoms with Crippen molar-refractivity contribution in [1.29, 1.82) is 0 Å². The topological polar surface area (TPSA) is 280 Å². The SMILES string of the molecule is CC(O)COC(C)CO.O=C(O)C(O)C(O)C(=O)O.O=C(O)C(O)C(O)C(=O)O. The van der Waals surface area contributed by atoms with Gasteiger partial charge < -0.3 is 55.8 Å². The molecule has 6 atom stereocenters. The Morgan fingerprint density at radius 1 is 0.655 bits per heavy atom. The summed E-state index contributed by atoms with van der Waals surface area (Å²) in [5, 5.41) is 82.2. The van der Waals surface area contributed by atoms with Crippen molar-refractivity contribution in [3.63, 3.8) is 0 Å². The highest BCUT2D eigenvalue weighted by Gasteiger charge is 2.30. The molecule has 0 bridgehead atoms. The quantitative estimate of drug-likeness (QED) is 0.155. The van der Waals surface area contributed by atoms with Gasteiger partial charge in [0.15, 0.2) is 24.4 Å².